The van der Waals surface area contributed by atoms with Crippen LogP contribution in [0.3, 0.4) is 0 Å². The monoisotopic (exact) mass is 223 g/mol. The molecule has 0 radical (unpaired) electrons. The molecule has 0 aromatic rings. The molecule has 0 spiro atoms. The van der Waals surface area contributed by atoms with E-state index in [1.54, 1.807) is 0 Å². The first-order valence-corrected chi connectivity index (χ1v) is 3.20. The number of halogens is 6. The lowest BCUT2D eigenvalue weighted by Gasteiger charge is -2.20. The predicted molar refractivity (Wildman–Crippen MR) is 39.2 cm³/mol. The van der Waals surface area contributed by atoms with E-state index < -0.39 is 24.2 Å². The summed E-state index contributed by atoms with van der Waals surface area (Å²) >= 11 is 0. The molecule has 0 aliphatic carbocycles. The van der Waals surface area contributed by atoms with Crippen LogP contribution in [-0.4, -0.2) is 25.2 Å². The molecule has 0 aromatic heterocycles. The first-order chi connectivity index (χ1) is 5.36. The quantitative estimate of drug-likeness (QED) is 0.531. The van der Waals surface area contributed by atoms with Crippen LogP contribution in [0.2, 0.25) is 0 Å². The largest absolute Gasteiger partial charge is 0.457 e. The van der Waals surface area contributed by atoms with Crippen molar-refractivity contribution in [3.63, 3.8) is 0 Å². The first-order valence-electron chi connectivity index (χ1n) is 3.20. The highest BCUT2D eigenvalue weighted by molar-refractivity contribution is 5.85. The second-order valence-corrected chi connectivity index (χ2v) is 2.43. The van der Waals surface area contributed by atoms with Gasteiger partial charge in [-0.1, -0.05) is 6.08 Å². The van der Waals surface area contributed by atoms with Crippen LogP contribution in [0.5, 0.6) is 0 Å². The molecule has 0 aromatic carbocycles. The Hall–Kier alpha value is -0.360. The number of nitrogens with one attached hydrogen (secondary N) is 1. The summed E-state index contributed by atoms with van der Waals surface area (Å²) in [5, 5.41) is 2.38. The molecule has 0 amide bonds. The fraction of sp³-hybridized carbons (Fsp3) is 0.667. The van der Waals surface area contributed by atoms with E-state index in [0.717, 1.165) is 6.08 Å². The average molecular weight is 224 g/mol. The molecule has 1 aliphatic rings. The van der Waals surface area contributed by atoms with E-state index in [2.05, 4.69) is 5.32 Å². The minimum Gasteiger partial charge on any atom is -0.309 e. The van der Waals surface area contributed by atoms with E-state index in [1.165, 1.54) is 0 Å². The van der Waals surface area contributed by atoms with Crippen LogP contribution in [0.15, 0.2) is 11.6 Å². The van der Waals surface area contributed by atoms with Crippen LogP contribution in [-0.2, 0) is 0 Å². The lowest BCUT2D eigenvalue weighted by Crippen LogP contribution is -2.39. The molecular formula is C6H7ClF5N. The Morgan fingerprint density at radius 2 is 1.69 bits per heavy atom. The molecular weight excluding hydrogens is 217 g/mol. The molecule has 0 bridgehead atoms. The molecule has 1 aliphatic heterocycles. The van der Waals surface area contributed by atoms with Crippen LogP contribution < -0.4 is 5.32 Å². The molecule has 1 N–H and O–H groups in total. The van der Waals surface area contributed by atoms with Crippen LogP contribution in [0.4, 0.5) is 22.0 Å². The molecule has 0 saturated heterocycles. The highest BCUT2D eigenvalue weighted by Gasteiger charge is 2.59. The topological polar surface area (TPSA) is 12.0 Å². The predicted octanol–water partition coefficient (Wildman–Crippen LogP) is 2.14. The third-order valence-electron chi connectivity index (χ3n) is 1.57. The van der Waals surface area contributed by atoms with Crippen molar-refractivity contribution in [1.29, 1.82) is 0 Å². The molecule has 13 heavy (non-hydrogen) atoms. The van der Waals surface area contributed by atoms with Crippen LogP contribution in [0.25, 0.3) is 0 Å². The van der Waals surface area contributed by atoms with Gasteiger partial charge in [0.15, 0.2) is 0 Å². The van der Waals surface area contributed by atoms with Crippen LogP contribution >= 0.6 is 12.4 Å². The van der Waals surface area contributed by atoms with Gasteiger partial charge in [0, 0.05) is 18.7 Å². The van der Waals surface area contributed by atoms with Crippen molar-refractivity contribution in [1.82, 2.24) is 5.32 Å². The van der Waals surface area contributed by atoms with Gasteiger partial charge in [-0.25, -0.2) is 0 Å². The van der Waals surface area contributed by atoms with Crippen LogP contribution in [0.1, 0.15) is 0 Å². The number of alkyl halides is 5. The number of hydrogen-bond acceptors (Lipinski definition) is 1. The van der Waals surface area contributed by atoms with Gasteiger partial charge in [0.1, 0.15) is 0 Å². The van der Waals surface area contributed by atoms with Gasteiger partial charge in [-0.3, -0.25) is 0 Å². The highest BCUT2D eigenvalue weighted by Crippen LogP contribution is 2.41. The van der Waals surface area contributed by atoms with Gasteiger partial charge in [0.25, 0.3) is 0 Å². The Kier molecular flexibility index (Phi) is 3.69. The van der Waals surface area contributed by atoms with Crippen molar-refractivity contribution in [3.8, 4) is 0 Å². The molecule has 0 atom stereocenters. The Morgan fingerprint density at radius 3 is 2.00 bits per heavy atom. The second kappa shape index (κ2) is 3.79. The third-order valence-corrected chi connectivity index (χ3v) is 1.57. The molecule has 78 valence electrons. The average Bonchev–Trinajstić information content (AvgIpc) is 2.34. The summed E-state index contributed by atoms with van der Waals surface area (Å²) in [5.74, 6) is -4.68. The zero-order valence-electron chi connectivity index (χ0n) is 6.29. The van der Waals surface area contributed by atoms with Crippen molar-refractivity contribution in [3.05, 3.63) is 11.6 Å². The first kappa shape index (κ1) is 12.6. The molecule has 7 heteroatoms. The molecule has 1 rings (SSSR count). The summed E-state index contributed by atoms with van der Waals surface area (Å²) in [7, 11) is 0. The van der Waals surface area contributed by atoms with E-state index in [0.29, 0.717) is 0 Å². The fourth-order valence-electron chi connectivity index (χ4n) is 0.896. The lowest BCUT2D eigenvalue weighted by atomic mass is 10.1. The molecule has 0 fully saturated rings. The van der Waals surface area contributed by atoms with E-state index >= 15 is 0 Å². The molecule has 1 heterocycles. The Balaban J connectivity index is 0.00000144. The lowest BCUT2D eigenvalue weighted by molar-refractivity contribution is -0.264. The maximum atomic E-state index is 12.4. The van der Waals surface area contributed by atoms with Crippen molar-refractivity contribution in [2.75, 3.05) is 13.1 Å². The Morgan fingerprint density at radius 1 is 1.15 bits per heavy atom. The van der Waals surface area contributed by atoms with E-state index in [-0.39, 0.29) is 19.0 Å². The summed E-state index contributed by atoms with van der Waals surface area (Å²) in [6.45, 7) is -0.326. The second-order valence-electron chi connectivity index (χ2n) is 2.43. The SMILES string of the molecule is Cl.FC(F)(F)C(F)(F)C1=CCNC1. The van der Waals surface area contributed by atoms with E-state index in [4.69, 9.17) is 0 Å². The summed E-state index contributed by atoms with van der Waals surface area (Å²) < 4.78 is 59.8. The maximum absolute atomic E-state index is 12.4. The summed E-state index contributed by atoms with van der Waals surface area (Å²) in [4.78, 5) is 0. The zero-order valence-corrected chi connectivity index (χ0v) is 7.11. The van der Waals surface area contributed by atoms with Gasteiger partial charge < -0.3 is 5.32 Å². The smallest absolute Gasteiger partial charge is 0.309 e. The van der Waals surface area contributed by atoms with Gasteiger partial charge in [-0.2, -0.15) is 22.0 Å². The highest BCUT2D eigenvalue weighted by atomic mass is 35.5. The van der Waals surface area contributed by atoms with E-state index in [9.17, 15) is 22.0 Å². The molecule has 0 unspecified atom stereocenters. The summed E-state index contributed by atoms with van der Waals surface area (Å²) in [6.07, 6.45) is -4.61. The van der Waals surface area contributed by atoms with Gasteiger partial charge in [-0.05, 0) is 0 Å². The number of hydrogen-bond donors (Lipinski definition) is 1. The minimum atomic E-state index is -5.48. The van der Waals surface area contributed by atoms with Gasteiger partial charge in [0.2, 0.25) is 0 Å². The maximum Gasteiger partial charge on any atom is 0.457 e. The van der Waals surface area contributed by atoms with Gasteiger partial charge in [0.05, 0.1) is 0 Å². The van der Waals surface area contributed by atoms with Crippen molar-refractivity contribution in [2.24, 2.45) is 0 Å². The van der Waals surface area contributed by atoms with Crippen LogP contribution in [0, 0.1) is 0 Å². The zero-order chi connectivity index (χ0) is 9.41. The minimum absolute atomic E-state index is 0. The van der Waals surface area contributed by atoms with Crippen molar-refractivity contribution >= 4 is 12.4 Å². The number of rotatable bonds is 1. The van der Waals surface area contributed by atoms with E-state index in [1.807, 2.05) is 0 Å². The van der Waals surface area contributed by atoms with Crippen molar-refractivity contribution < 1.29 is 22.0 Å². The molecule has 1 nitrogen and oxygen atoms in total. The standard InChI is InChI=1S/C6H6F5N.ClH/c7-5(8,6(9,10)11)4-1-2-12-3-4;/h1,12H,2-3H2;1H. The Labute approximate surface area is 77.4 Å². The normalized spacial score (nSPS) is 18.1. The summed E-state index contributed by atoms with van der Waals surface area (Å²) in [5.41, 5.74) is -0.894. The third kappa shape index (κ3) is 2.31. The summed E-state index contributed by atoms with van der Waals surface area (Å²) in [6, 6.07) is 0. The molecule has 0 saturated carbocycles. The van der Waals surface area contributed by atoms with Crippen molar-refractivity contribution in [2.45, 2.75) is 12.1 Å². The Bertz CT molecular complexity index is 210. The van der Waals surface area contributed by atoms with Gasteiger partial charge in [-0.15, -0.1) is 12.4 Å². The van der Waals surface area contributed by atoms with Gasteiger partial charge >= 0.3 is 12.1 Å². The fourth-order valence-corrected chi connectivity index (χ4v) is 0.896.